The number of ketones is 1. The van der Waals surface area contributed by atoms with Gasteiger partial charge in [0.15, 0.2) is 0 Å². The van der Waals surface area contributed by atoms with Crippen molar-refractivity contribution in [3.05, 3.63) is 30.3 Å². The van der Waals surface area contributed by atoms with Crippen LogP contribution in [-0.2, 0) is 14.3 Å². The molecule has 18 heavy (non-hydrogen) atoms. The van der Waals surface area contributed by atoms with Crippen LogP contribution >= 0.6 is 11.8 Å². The van der Waals surface area contributed by atoms with Crippen molar-refractivity contribution < 1.29 is 14.3 Å². The van der Waals surface area contributed by atoms with E-state index in [1.54, 1.807) is 18.7 Å². The highest BCUT2D eigenvalue weighted by atomic mass is 32.2. The van der Waals surface area contributed by atoms with Gasteiger partial charge in [0.2, 0.25) is 5.78 Å². The first-order chi connectivity index (χ1) is 8.65. The SMILES string of the molecule is CCOC(=O)C(=O)CC1(Sc2ccccc2)CC1. The molecule has 0 aromatic heterocycles. The number of esters is 1. The maximum atomic E-state index is 11.7. The summed E-state index contributed by atoms with van der Waals surface area (Å²) in [6.45, 7) is 1.96. The Kier molecular flexibility index (Phi) is 4.07. The molecule has 96 valence electrons. The molecule has 1 aromatic carbocycles. The second-order valence-electron chi connectivity index (χ2n) is 4.42. The minimum Gasteiger partial charge on any atom is -0.460 e. The summed E-state index contributed by atoms with van der Waals surface area (Å²) < 4.78 is 4.65. The zero-order chi connectivity index (χ0) is 13.0. The van der Waals surface area contributed by atoms with Crippen LogP contribution < -0.4 is 0 Å². The molecular weight excluding hydrogens is 248 g/mol. The van der Waals surface area contributed by atoms with Gasteiger partial charge in [-0.1, -0.05) is 18.2 Å². The third-order valence-electron chi connectivity index (χ3n) is 2.87. The number of thioether (sulfide) groups is 1. The monoisotopic (exact) mass is 264 g/mol. The molecule has 0 aliphatic heterocycles. The lowest BCUT2D eigenvalue weighted by Crippen LogP contribution is -2.22. The van der Waals surface area contributed by atoms with Gasteiger partial charge in [0.25, 0.3) is 0 Å². The molecular formula is C14H16O3S. The third kappa shape index (κ3) is 3.35. The van der Waals surface area contributed by atoms with Crippen LogP contribution in [0.25, 0.3) is 0 Å². The quantitative estimate of drug-likeness (QED) is 0.585. The molecule has 4 heteroatoms. The number of rotatable bonds is 6. The maximum absolute atomic E-state index is 11.7. The van der Waals surface area contributed by atoms with Gasteiger partial charge in [-0.3, -0.25) is 4.79 Å². The second kappa shape index (κ2) is 5.57. The van der Waals surface area contributed by atoms with Crippen molar-refractivity contribution in [2.75, 3.05) is 6.61 Å². The molecule has 0 unspecified atom stereocenters. The van der Waals surface area contributed by atoms with Crippen LogP contribution in [0.4, 0.5) is 0 Å². The molecule has 0 radical (unpaired) electrons. The van der Waals surface area contributed by atoms with E-state index in [0.29, 0.717) is 0 Å². The molecule has 1 aliphatic carbocycles. The van der Waals surface area contributed by atoms with Gasteiger partial charge >= 0.3 is 5.97 Å². The Hall–Kier alpha value is -1.29. The van der Waals surface area contributed by atoms with E-state index < -0.39 is 11.8 Å². The van der Waals surface area contributed by atoms with Crippen molar-refractivity contribution in [1.29, 1.82) is 0 Å². The predicted octanol–water partition coefficient (Wildman–Crippen LogP) is 2.83. The van der Waals surface area contributed by atoms with E-state index in [1.807, 2.05) is 30.3 Å². The van der Waals surface area contributed by atoms with E-state index in [-0.39, 0.29) is 17.8 Å². The fourth-order valence-electron chi connectivity index (χ4n) is 1.77. The molecule has 3 nitrogen and oxygen atoms in total. The number of carbonyl (C=O) groups is 2. The molecule has 2 rings (SSSR count). The van der Waals surface area contributed by atoms with Crippen molar-refractivity contribution in [3.63, 3.8) is 0 Å². The molecule has 1 fully saturated rings. The van der Waals surface area contributed by atoms with Crippen LogP contribution in [0.2, 0.25) is 0 Å². The molecule has 0 spiro atoms. The molecule has 0 atom stereocenters. The highest BCUT2D eigenvalue weighted by Gasteiger charge is 2.46. The fraction of sp³-hybridized carbons (Fsp3) is 0.429. The summed E-state index contributed by atoms with van der Waals surface area (Å²) in [6, 6.07) is 9.98. The lowest BCUT2D eigenvalue weighted by atomic mass is 10.2. The summed E-state index contributed by atoms with van der Waals surface area (Å²) in [5.41, 5.74) is 0. The van der Waals surface area contributed by atoms with Crippen molar-refractivity contribution >= 4 is 23.5 Å². The maximum Gasteiger partial charge on any atom is 0.374 e. The summed E-state index contributed by atoms with van der Waals surface area (Å²) in [5, 5.41) is 0. The van der Waals surface area contributed by atoms with Crippen molar-refractivity contribution in [2.45, 2.75) is 35.8 Å². The largest absolute Gasteiger partial charge is 0.460 e. The number of hydrogen-bond acceptors (Lipinski definition) is 4. The molecule has 1 aromatic rings. The molecule has 0 amide bonds. The fourth-order valence-corrected chi connectivity index (χ4v) is 3.07. The van der Waals surface area contributed by atoms with Crippen LogP contribution in [0.3, 0.4) is 0 Å². The Morgan fingerprint density at radius 2 is 1.94 bits per heavy atom. The molecule has 0 N–H and O–H groups in total. The van der Waals surface area contributed by atoms with E-state index in [1.165, 1.54) is 0 Å². The van der Waals surface area contributed by atoms with E-state index in [9.17, 15) is 9.59 Å². The van der Waals surface area contributed by atoms with E-state index in [4.69, 9.17) is 4.74 Å². The zero-order valence-corrected chi connectivity index (χ0v) is 11.2. The molecule has 0 saturated heterocycles. The van der Waals surface area contributed by atoms with Crippen LogP contribution in [0.5, 0.6) is 0 Å². The van der Waals surface area contributed by atoms with Gasteiger partial charge in [-0.05, 0) is 31.9 Å². The number of hydrogen-bond donors (Lipinski definition) is 0. The van der Waals surface area contributed by atoms with Gasteiger partial charge in [0.1, 0.15) is 0 Å². The van der Waals surface area contributed by atoms with Gasteiger partial charge in [0.05, 0.1) is 6.61 Å². The Balaban J connectivity index is 1.93. The van der Waals surface area contributed by atoms with Crippen molar-refractivity contribution in [1.82, 2.24) is 0 Å². The normalized spacial score (nSPS) is 16.1. The second-order valence-corrected chi connectivity index (χ2v) is 5.96. The minimum atomic E-state index is -0.697. The molecule has 0 bridgehead atoms. The van der Waals surface area contributed by atoms with Crippen LogP contribution in [0, 0.1) is 0 Å². The summed E-state index contributed by atoms with van der Waals surface area (Å²) in [5.74, 6) is -1.10. The van der Waals surface area contributed by atoms with E-state index in [0.717, 1.165) is 17.7 Å². The number of benzene rings is 1. The van der Waals surface area contributed by atoms with E-state index in [2.05, 4.69) is 0 Å². The predicted molar refractivity (Wildman–Crippen MR) is 70.5 cm³/mol. The first kappa shape index (κ1) is 13.1. The summed E-state index contributed by atoms with van der Waals surface area (Å²) in [7, 11) is 0. The topological polar surface area (TPSA) is 43.4 Å². The lowest BCUT2D eigenvalue weighted by molar-refractivity contribution is -0.153. The highest BCUT2D eigenvalue weighted by Crippen LogP contribution is 2.54. The Bertz CT molecular complexity index is 438. The Morgan fingerprint density at radius 3 is 2.50 bits per heavy atom. The summed E-state index contributed by atoms with van der Waals surface area (Å²) in [6.07, 6.45) is 2.25. The number of carbonyl (C=O) groups excluding carboxylic acids is 2. The smallest absolute Gasteiger partial charge is 0.374 e. The first-order valence-electron chi connectivity index (χ1n) is 6.09. The summed E-state index contributed by atoms with van der Waals surface area (Å²) in [4.78, 5) is 24.2. The first-order valence-corrected chi connectivity index (χ1v) is 6.91. The van der Waals surface area contributed by atoms with Gasteiger partial charge < -0.3 is 4.74 Å². The van der Waals surface area contributed by atoms with Crippen molar-refractivity contribution in [3.8, 4) is 0 Å². The van der Waals surface area contributed by atoms with Crippen LogP contribution in [0.1, 0.15) is 26.2 Å². The van der Waals surface area contributed by atoms with Crippen LogP contribution in [-0.4, -0.2) is 23.1 Å². The highest BCUT2D eigenvalue weighted by molar-refractivity contribution is 8.01. The average molecular weight is 264 g/mol. The number of ether oxygens (including phenoxy) is 1. The summed E-state index contributed by atoms with van der Waals surface area (Å²) >= 11 is 1.69. The third-order valence-corrected chi connectivity index (χ3v) is 4.36. The van der Waals surface area contributed by atoms with Gasteiger partial charge in [-0.15, -0.1) is 11.8 Å². The van der Waals surface area contributed by atoms with E-state index >= 15 is 0 Å². The lowest BCUT2D eigenvalue weighted by Gasteiger charge is -2.13. The van der Waals surface area contributed by atoms with Crippen molar-refractivity contribution in [2.24, 2.45) is 0 Å². The number of Topliss-reactive ketones (excluding diaryl/α,β-unsaturated/α-hetero) is 1. The van der Waals surface area contributed by atoms with Gasteiger partial charge in [0, 0.05) is 16.1 Å². The molecule has 1 aliphatic rings. The van der Waals surface area contributed by atoms with Gasteiger partial charge in [-0.2, -0.15) is 0 Å². The minimum absolute atomic E-state index is 0.0782. The Labute approximate surface area is 111 Å². The van der Waals surface area contributed by atoms with Gasteiger partial charge in [-0.25, -0.2) is 4.79 Å². The molecule has 1 saturated carbocycles. The zero-order valence-electron chi connectivity index (χ0n) is 10.3. The average Bonchev–Trinajstić information content (AvgIpc) is 3.10. The standard InChI is InChI=1S/C14H16O3S/c1-2-17-13(16)12(15)10-14(8-9-14)18-11-6-4-3-5-7-11/h3-7H,2,8-10H2,1H3. The Morgan fingerprint density at radius 1 is 1.28 bits per heavy atom. The molecule has 0 heterocycles. The van der Waals surface area contributed by atoms with Crippen LogP contribution in [0.15, 0.2) is 35.2 Å².